The molecule has 0 amide bonds. The average Bonchev–Trinajstić information content (AvgIpc) is 3.43. The first-order valence-electron chi connectivity index (χ1n) is 13.1. The molecule has 2 aliphatic heterocycles. The van der Waals surface area contributed by atoms with Crippen molar-refractivity contribution in [3.8, 4) is 0 Å². The Morgan fingerprint density at radius 1 is 1.14 bits per heavy atom. The first kappa shape index (κ1) is 26.1. The lowest BCUT2D eigenvalue weighted by molar-refractivity contribution is -0.0122. The standard InChI is InChI=1S/C26H38ClN5O3S/c1-26(2)11-9-18(35-26)17-29-36(33,34)25-20(27)8-7-19-21(10-12-28-24(19)25)30-22-5-4-6-23(22)32-15-13-31(3)14-16-32/h7-8,10,12,18,22-23,29H,4-6,9,11,13-17H2,1-3H3,(H,28,30)/t18?,22-,23-/m1/s1. The number of pyridine rings is 1. The Morgan fingerprint density at radius 2 is 1.92 bits per heavy atom. The van der Waals surface area contributed by atoms with Gasteiger partial charge in [0.15, 0.2) is 0 Å². The van der Waals surface area contributed by atoms with E-state index in [0.29, 0.717) is 17.6 Å². The number of nitrogens with one attached hydrogen (secondary N) is 2. The number of fused-ring (bicyclic) bond motifs is 1. The molecule has 1 aromatic carbocycles. The van der Waals surface area contributed by atoms with Crippen LogP contribution in [0.15, 0.2) is 29.3 Å². The second kappa shape index (κ2) is 10.3. The summed E-state index contributed by atoms with van der Waals surface area (Å²) in [4.78, 5) is 9.49. The second-order valence-corrected chi connectivity index (χ2v) is 13.2. The highest BCUT2D eigenvalue weighted by Crippen LogP contribution is 2.35. The molecule has 5 rings (SSSR count). The number of sulfonamides is 1. The van der Waals surface area contributed by atoms with Gasteiger partial charge in [-0.3, -0.25) is 9.88 Å². The molecule has 3 aliphatic rings. The summed E-state index contributed by atoms with van der Waals surface area (Å²) in [5.74, 6) is 0. The molecule has 3 heterocycles. The number of aromatic nitrogens is 1. The molecule has 3 atom stereocenters. The molecule has 10 heteroatoms. The van der Waals surface area contributed by atoms with Crippen molar-refractivity contribution in [2.24, 2.45) is 0 Å². The van der Waals surface area contributed by atoms with Crippen LogP contribution in [0.25, 0.3) is 10.9 Å². The van der Waals surface area contributed by atoms with Crippen LogP contribution < -0.4 is 10.0 Å². The fourth-order valence-corrected chi connectivity index (χ4v) is 7.69. The van der Waals surface area contributed by atoms with Crippen molar-refractivity contribution in [3.05, 3.63) is 29.4 Å². The monoisotopic (exact) mass is 535 g/mol. The van der Waals surface area contributed by atoms with Crippen LogP contribution in [0.2, 0.25) is 5.02 Å². The zero-order valence-corrected chi connectivity index (χ0v) is 23.0. The minimum Gasteiger partial charge on any atom is -0.380 e. The third kappa shape index (κ3) is 5.51. The van der Waals surface area contributed by atoms with E-state index in [4.69, 9.17) is 16.3 Å². The number of benzene rings is 1. The van der Waals surface area contributed by atoms with Crippen LogP contribution in [0.5, 0.6) is 0 Å². The number of piperazine rings is 1. The number of hydrogen-bond donors (Lipinski definition) is 2. The van der Waals surface area contributed by atoms with E-state index >= 15 is 0 Å². The van der Waals surface area contributed by atoms with E-state index in [2.05, 4.69) is 31.9 Å². The van der Waals surface area contributed by atoms with E-state index in [1.165, 1.54) is 12.8 Å². The van der Waals surface area contributed by atoms with Gasteiger partial charge >= 0.3 is 0 Å². The Bertz CT molecular complexity index is 1200. The van der Waals surface area contributed by atoms with E-state index in [-0.39, 0.29) is 28.2 Å². The van der Waals surface area contributed by atoms with E-state index in [0.717, 1.165) is 56.5 Å². The van der Waals surface area contributed by atoms with Crippen LogP contribution in [0, 0.1) is 0 Å². The summed E-state index contributed by atoms with van der Waals surface area (Å²) in [5.41, 5.74) is 1.07. The maximum atomic E-state index is 13.4. The van der Waals surface area contributed by atoms with Crippen molar-refractivity contribution in [2.75, 3.05) is 45.1 Å². The zero-order chi connectivity index (χ0) is 25.5. The summed E-state index contributed by atoms with van der Waals surface area (Å²) in [5, 5.41) is 4.69. The highest BCUT2D eigenvalue weighted by molar-refractivity contribution is 7.89. The molecule has 1 aliphatic carbocycles. The molecule has 2 saturated heterocycles. The number of anilines is 1. The Hall–Kier alpha value is -1.49. The summed E-state index contributed by atoms with van der Waals surface area (Å²) in [7, 11) is -1.71. The molecule has 8 nitrogen and oxygen atoms in total. The molecule has 0 radical (unpaired) electrons. The van der Waals surface area contributed by atoms with Gasteiger partial charge < -0.3 is 15.0 Å². The molecule has 1 unspecified atom stereocenters. The van der Waals surface area contributed by atoms with Gasteiger partial charge in [-0.2, -0.15) is 0 Å². The molecule has 2 aromatic rings. The van der Waals surface area contributed by atoms with Crippen molar-refractivity contribution in [1.29, 1.82) is 0 Å². The Kier molecular flexibility index (Phi) is 7.51. The van der Waals surface area contributed by atoms with Gasteiger partial charge in [0.25, 0.3) is 0 Å². The normalized spacial score (nSPS) is 27.6. The fourth-order valence-electron chi connectivity index (χ4n) is 5.95. The van der Waals surface area contributed by atoms with Crippen LogP contribution in [-0.4, -0.2) is 86.8 Å². The van der Waals surface area contributed by atoms with Crippen molar-refractivity contribution < 1.29 is 13.2 Å². The van der Waals surface area contributed by atoms with Gasteiger partial charge in [0.1, 0.15) is 4.90 Å². The summed E-state index contributed by atoms with van der Waals surface area (Å²) in [6.45, 7) is 8.63. The highest BCUT2D eigenvalue weighted by Gasteiger charge is 2.35. The summed E-state index contributed by atoms with van der Waals surface area (Å²) in [6, 6.07) is 6.26. The maximum Gasteiger partial charge on any atom is 0.244 e. The topological polar surface area (TPSA) is 86.8 Å². The van der Waals surface area contributed by atoms with Crippen LogP contribution in [0.1, 0.15) is 46.0 Å². The predicted molar refractivity (Wildman–Crippen MR) is 144 cm³/mol. The number of halogens is 1. The van der Waals surface area contributed by atoms with Crippen LogP contribution in [-0.2, 0) is 14.8 Å². The summed E-state index contributed by atoms with van der Waals surface area (Å²) < 4.78 is 35.5. The van der Waals surface area contributed by atoms with Gasteiger partial charge in [0.05, 0.1) is 22.2 Å². The lowest BCUT2D eigenvalue weighted by Crippen LogP contribution is -2.52. The lowest BCUT2D eigenvalue weighted by Gasteiger charge is -2.39. The van der Waals surface area contributed by atoms with Crippen molar-refractivity contribution in [3.63, 3.8) is 0 Å². The number of hydrogen-bond acceptors (Lipinski definition) is 7. The minimum absolute atomic E-state index is 0.0320. The third-order valence-corrected chi connectivity index (χ3v) is 9.89. The van der Waals surface area contributed by atoms with Gasteiger partial charge in [-0.1, -0.05) is 11.6 Å². The van der Waals surface area contributed by atoms with E-state index in [1.54, 1.807) is 12.3 Å². The van der Waals surface area contributed by atoms with Gasteiger partial charge in [-0.15, -0.1) is 0 Å². The fraction of sp³-hybridized carbons (Fsp3) is 0.654. The SMILES string of the molecule is CN1CCN([C@@H]2CCC[C@H]2Nc2ccnc3c(S(=O)(=O)NCC4CCC(C)(C)O4)c(Cl)ccc23)CC1. The molecule has 1 aromatic heterocycles. The summed E-state index contributed by atoms with van der Waals surface area (Å²) >= 11 is 6.47. The first-order valence-corrected chi connectivity index (χ1v) is 14.9. The Labute approximate surface area is 219 Å². The molecule has 2 N–H and O–H groups in total. The molecule has 0 spiro atoms. The smallest absolute Gasteiger partial charge is 0.244 e. The molecule has 0 bridgehead atoms. The van der Waals surface area contributed by atoms with Crippen LogP contribution in [0.3, 0.4) is 0 Å². The van der Waals surface area contributed by atoms with Gasteiger partial charge in [0, 0.05) is 62.1 Å². The minimum atomic E-state index is -3.88. The number of nitrogens with zero attached hydrogens (tertiary/aromatic N) is 3. The van der Waals surface area contributed by atoms with Gasteiger partial charge in [0.2, 0.25) is 10.0 Å². The molecular weight excluding hydrogens is 498 g/mol. The molecule has 3 fully saturated rings. The third-order valence-electron chi connectivity index (χ3n) is 7.97. The largest absolute Gasteiger partial charge is 0.380 e. The van der Waals surface area contributed by atoms with Gasteiger partial charge in [-0.25, -0.2) is 13.1 Å². The summed E-state index contributed by atoms with van der Waals surface area (Å²) in [6.07, 6.45) is 6.71. The van der Waals surface area contributed by atoms with Gasteiger partial charge in [-0.05, 0) is 71.2 Å². The van der Waals surface area contributed by atoms with Crippen molar-refractivity contribution in [1.82, 2.24) is 19.5 Å². The second-order valence-electron chi connectivity index (χ2n) is 11.1. The first-order chi connectivity index (χ1) is 17.1. The van der Waals surface area contributed by atoms with E-state index in [1.807, 2.05) is 26.0 Å². The predicted octanol–water partition coefficient (Wildman–Crippen LogP) is 3.70. The van der Waals surface area contributed by atoms with E-state index < -0.39 is 10.0 Å². The lowest BCUT2D eigenvalue weighted by atomic mass is 10.1. The Morgan fingerprint density at radius 3 is 2.64 bits per heavy atom. The number of likely N-dealkylation sites (N-methyl/N-ethyl adjacent to an activating group) is 1. The molecule has 198 valence electrons. The number of ether oxygens (including phenoxy) is 1. The maximum absolute atomic E-state index is 13.4. The molecular formula is C26H38ClN5O3S. The van der Waals surface area contributed by atoms with Crippen molar-refractivity contribution in [2.45, 2.75) is 74.6 Å². The molecule has 1 saturated carbocycles. The Balaban J connectivity index is 1.38. The molecule has 36 heavy (non-hydrogen) atoms. The number of rotatable bonds is 7. The van der Waals surface area contributed by atoms with Crippen molar-refractivity contribution >= 4 is 38.2 Å². The van der Waals surface area contributed by atoms with Crippen LogP contribution in [0.4, 0.5) is 5.69 Å². The average molecular weight is 536 g/mol. The quantitative estimate of drug-likeness (QED) is 0.559. The van der Waals surface area contributed by atoms with E-state index in [9.17, 15) is 8.42 Å². The zero-order valence-electron chi connectivity index (χ0n) is 21.5. The van der Waals surface area contributed by atoms with Crippen LogP contribution >= 0.6 is 11.6 Å². The highest BCUT2D eigenvalue weighted by atomic mass is 35.5.